The maximum absolute atomic E-state index is 13.3. The molecule has 0 bridgehead atoms. The van der Waals surface area contributed by atoms with Gasteiger partial charge in [-0.3, -0.25) is 4.79 Å². The van der Waals surface area contributed by atoms with E-state index in [0.29, 0.717) is 16.8 Å². The van der Waals surface area contributed by atoms with Crippen molar-refractivity contribution in [1.29, 1.82) is 0 Å². The molecule has 1 aromatic carbocycles. The summed E-state index contributed by atoms with van der Waals surface area (Å²) in [7, 11) is 0. The van der Waals surface area contributed by atoms with E-state index in [1.54, 1.807) is 20.8 Å². The lowest BCUT2D eigenvalue weighted by atomic mass is 9.84. The van der Waals surface area contributed by atoms with Gasteiger partial charge in [0.2, 0.25) is 5.78 Å². The van der Waals surface area contributed by atoms with E-state index < -0.39 is 11.4 Å². The zero-order chi connectivity index (χ0) is 12.8. The Morgan fingerprint density at radius 1 is 1.41 bits per heavy atom. The number of Topliss-reactive ketones (excluding diaryl/α,β-unsaturated/α-hetero) is 1. The van der Waals surface area contributed by atoms with Gasteiger partial charge >= 0.3 is 0 Å². The predicted octanol–water partition coefficient (Wildman–Crippen LogP) is 2.35. The van der Waals surface area contributed by atoms with Crippen molar-refractivity contribution in [2.75, 3.05) is 5.32 Å². The molecular weight excluding hydrogens is 223 g/mol. The van der Waals surface area contributed by atoms with Crippen LogP contribution in [0.1, 0.15) is 29.8 Å². The maximum Gasteiger partial charge on any atom is 0.215 e. The summed E-state index contributed by atoms with van der Waals surface area (Å²) in [6.45, 7) is 5.04. The lowest BCUT2D eigenvalue weighted by Crippen LogP contribution is -2.48. The Bertz CT molecular complexity index is 536. The molecule has 0 spiro atoms. The molecule has 5 heteroatoms. The van der Waals surface area contributed by atoms with Gasteiger partial charge in [-0.15, -0.1) is 0 Å². The SMILES string of the molecule is Cc1cc(F)cc2c1C(=O)/C(=N/O)C(C)(C)N2. The average Bonchev–Trinajstić information content (AvgIpc) is 2.14. The lowest BCUT2D eigenvalue weighted by molar-refractivity contribution is 0.105. The number of nitrogens with one attached hydrogen (secondary N) is 1. The Morgan fingerprint density at radius 2 is 2.06 bits per heavy atom. The molecule has 0 aliphatic carbocycles. The van der Waals surface area contributed by atoms with Crippen LogP contribution < -0.4 is 5.32 Å². The molecule has 0 aromatic heterocycles. The van der Waals surface area contributed by atoms with E-state index in [2.05, 4.69) is 10.5 Å². The molecule has 2 N–H and O–H groups in total. The Labute approximate surface area is 98.1 Å². The van der Waals surface area contributed by atoms with Gasteiger partial charge in [-0.1, -0.05) is 5.16 Å². The van der Waals surface area contributed by atoms with Crippen LogP contribution in [0.2, 0.25) is 0 Å². The van der Waals surface area contributed by atoms with Crippen molar-refractivity contribution in [3.63, 3.8) is 0 Å². The Balaban J connectivity index is 2.70. The quantitative estimate of drug-likeness (QED) is 0.537. The second-order valence-electron chi connectivity index (χ2n) is 4.67. The molecular formula is C12H13FN2O2. The summed E-state index contributed by atoms with van der Waals surface area (Å²) in [6.07, 6.45) is 0. The molecule has 2 rings (SSSR count). The molecule has 0 radical (unpaired) electrons. The molecule has 0 unspecified atom stereocenters. The van der Waals surface area contributed by atoms with Crippen molar-refractivity contribution < 1.29 is 14.4 Å². The molecule has 1 aliphatic rings. The van der Waals surface area contributed by atoms with E-state index in [9.17, 15) is 9.18 Å². The highest BCUT2D eigenvalue weighted by molar-refractivity contribution is 6.51. The van der Waals surface area contributed by atoms with E-state index in [1.807, 2.05) is 0 Å². The molecule has 90 valence electrons. The minimum absolute atomic E-state index is 0.0275. The average molecular weight is 236 g/mol. The first kappa shape index (κ1) is 11.6. The van der Waals surface area contributed by atoms with Gasteiger partial charge in [-0.25, -0.2) is 4.39 Å². The normalized spacial score (nSPS) is 20.0. The van der Waals surface area contributed by atoms with Crippen molar-refractivity contribution in [1.82, 2.24) is 0 Å². The summed E-state index contributed by atoms with van der Waals surface area (Å²) in [5, 5.41) is 15.0. The largest absolute Gasteiger partial charge is 0.410 e. The highest BCUT2D eigenvalue weighted by atomic mass is 19.1. The van der Waals surface area contributed by atoms with Gasteiger partial charge in [0.05, 0.1) is 11.1 Å². The molecule has 0 saturated carbocycles. The third-order valence-electron chi connectivity index (χ3n) is 2.88. The molecule has 4 nitrogen and oxygen atoms in total. The van der Waals surface area contributed by atoms with Gasteiger partial charge in [0.25, 0.3) is 0 Å². The second kappa shape index (κ2) is 3.55. The van der Waals surface area contributed by atoms with Crippen LogP contribution >= 0.6 is 0 Å². The summed E-state index contributed by atoms with van der Waals surface area (Å²) >= 11 is 0. The molecule has 0 atom stereocenters. The van der Waals surface area contributed by atoms with E-state index in [1.165, 1.54) is 12.1 Å². The van der Waals surface area contributed by atoms with Crippen molar-refractivity contribution >= 4 is 17.2 Å². The fourth-order valence-corrected chi connectivity index (χ4v) is 2.11. The first-order valence-electron chi connectivity index (χ1n) is 5.22. The van der Waals surface area contributed by atoms with Crippen LogP contribution in [-0.4, -0.2) is 22.2 Å². The predicted molar refractivity (Wildman–Crippen MR) is 62.4 cm³/mol. The fourth-order valence-electron chi connectivity index (χ4n) is 2.11. The number of aryl methyl sites for hydroxylation is 1. The monoisotopic (exact) mass is 236 g/mol. The van der Waals surface area contributed by atoms with Crippen LogP contribution in [0.4, 0.5) is 10.1 Å². The molecule has 0 fully saturated rings. The number of carbonyl (C=O) groups excluding carboxylic acids is 1. The standard InChI is InChI=1S/C12H13FN2O2/c1-6-4-7(13)5-8-9(6)10(16)11(15-17)12(2,3)14-8/h4-5,14,17H,1-3H3/b15-11-. The first-order chi connectivity index (χ1) is 7.86. The number of hydrogen-bond donors (Lipinski definition) is 2. The van der Waals surface area contributed by atoms with Crippen LogP contribution in [-0.2, 0) is 0 Å². The second-order valence-corrected chi connectivity index (χ2v) is 4.67. The van der Waals surface area contributed by atoms with Crippen LogP contribution in [0, 0.1) is 12.7 Å². The van der Waals surface area contributed by atoms with Gasteiger partial charge < -0.3 is 10.5 Å². The van der Waals surface area contributed by atoms with Crippen LogP contribution in [0.15, 0.2) is 17.3 Å². The van der Waals surface area contributed by atoms with Gasteiger partial charge in [0.1, 0.15) is 5.82 Å². The fraction of sp³-hybridized carbons (Fsp3) is 0.333. The van der Waals surface area contributed by atoms with Gasteiger partial charge in [0, 0.05) is 5.69 Å². The van der Waals surface area contributed by atoms with Crippen LogP contribution in [0.3, 0.4) is 0 Å². The minimum Gasteiger partial charge on any atom is -0.410 e. The molecule has 0 saturated heterocycles. The van der Waals surface area contributed by atoms with Crippen molar-refractivity contribution in [2.24, 2.45) is 5.16 Å². The van der Waals surface area contributed by atoms with E-state index in [0.717, 1.165) is 0 Å². The number of nitrogens with zero attached hydrogens (tertiary/aromatic N) is 1. The van der Waals surface area contributed by atoms with Crippen LogP contribution in [0.5, 0.6) is 0 Å². The topological polar surface area (TPSA) is 61.7 Å². The molecule has 17 heavy (non-hydrogen) atoms. The number of anilines is 1. The van der Waals surface area contributed by atoms with Crippen LogP contribution in [0.25, 0.3) is 0 Å². The molecule has 1 aliphatic heterocycles. The van der Waals surface area contributed by atoms with E-state index >= 15 is 0 Å². The summed E-state index contributed by atoms with van der Waals surface area (Å²) < 4.78 is 13.3. The molecule has 1 aromatic rings. The summed E-state index contributed by atoms with van der Waals surface area (Å²) in [6, 6.07) is 2.56. The van der Waals surface area contributed by atoms with Gasteiger partial charge in [-0.05, 0) is 38.5 Å². The lowest BCUT2D eigenvalue weighted by Gasteiger charge is -2.33. The van der Waals surface area contributed by atoms with Crippen molar-refractivity contribution in [3.05, 3.63) is 29.1 Å². The third kappa shape index (κ3) is 1.67. The molecule has 0 amide bonds. The highest BCUT2D eigenvalue weighted by Gasteiger charge is 2.39. The number of hydrogen-bond acceptors (Lipinski definition) is 4. The Hall–Kier alpha value is -1.91. The zero-order valence-electron chi connectivity index (χ0n) is 9.84. The van der Waals surface area contributed by atoms with E-state index in [4.69, 9.17) is 5.21 Å². The Morgan fingerprint density at radius 3 is 2.65 bits per heavy atom. The number of carbonyl (C=O) groups is 1. The summed E-state index contributed by atoms with van der Waals surface area (Å²) in [5.41, 5.74) is 0.524. The number of rotatable bonds is 0. The number of fused-ring (bicyclic) bond motifs is 1. The van der Waals surface area contributed by atoms with E-state index in [-0.39, 0.29) is 11.5 Å². The number of benzene rings is 1. The molecule has 1 heterocycles. The van der Waals surface area contributed by atoms with Crippen molar-refractivity contribution in [2.45, 2.75) is 26.3 Å². The van der Waals surface area contributed by atoms with Crippen molar-refractivity contribution in [3.8, 4) is 0 Å². The highest BCUT2D eigenvalue weighted by Crippen LogP contribution is 2.31. The number of ketones is 1. The smallest absolute Gasteiger partial charge is 0.215 e. The number of halogens is 1. The third-order valence-corrected chi connectivity index (χ3v) is 2.88. The summed E-state index contributed by atoms with van der Waals surface area (Å²) in [4.78, 5) is 12.1. The Kier molecular flexibility index (Phi) is 2.41. The summed E-state index contributed by atoms with van der Waals surface area (Å²) in [5.74, 6) is -0.773. The minimum atomic E-state index is -0.820. The maximum atomic E-state index is 13.3. The van der Waals surface area contributed by atoms with Gasteiger partial charge in [-0.2, -0.15) is 0 Å². The zero-order valence-corrected chi connectivity index (χ0v) is 9.84. The van der Waals surface area contributed by atoms with Gasteiger partial charge in [0.15, 0.2) is 5.71 Å². The first-order valence-corrected chi connectivity index (χ1v) is 5.22. The number of oxime groups is 1.